The fourth-order valence-corrected chi connectivity index (χ4v) is 3.39. The van der Waals surface area contributed by atoms with Crippen LogP contribution < -0.4 is 5.32 Å². The molecule has 2 aromatic carbocycles. The number of hydrogen-bond donors (Lipinski definition) is 2. The van der Waals surface area contributed by atoms with Crippen molar-refractivity contribution in [3.8, 4) is 0 Å². The summed E-state index contributed by atoms with van der Waals surface area (Å²) in [6.45, 7) is 3.24. The number of allylic oxidation sites excluding steroid dienone is 1. The van der Waals surface area contributed by atoms with Crippen molar-refractivity contribution in [1.29, 1.82) is 0 Å². The molecule has 0 bridgehead atoms. The summed E-state index contributed by atoms with van der Waals surface area (Å²) >= 11 is 0. The smallest absolute Gasteiger partial charge is 0.181 e. The number of ketones is 1. The second-order valence-electron chi connectivity index (χ2n) is 6.86. The molecule has 140 valence electrons. The van der Waals surface area contributed by atoms with E-state index in [4.69, 9.17) is 5.11 Å². The summed E-state index contributed by atoms with van der Waals surface area (Å²) in [5, 5.41) is 12.1. The monoisotopic (exact) mass is 365 g/mol. The lowest BCUT2D eigenvalue weighted by Crippen LogP contribution is -2.15. The fraction of sp³-hybridized carbons (Fsp3) is 0.261. The fourth-order valence-electron chi connectivity index (χ4n) is 3.39. The third-order valence-electron chi connectivity index (χ3n) is 4.85. The van der Waals surface area contributed by atoms with Gasteiger partial charge in [-0.1, -0.05) is 42.0 Å². The van der Waals surface area contributed by atoms with Crippen molar-refractivity contribution < 1.29 is 14.3 Å². The Labute approximate surface area is 159 Å². The summed E-state index contributed by atoms with van der Waals surface area (Å²) in [5.74, 6) is -0.484. The lowest BCUT2D eigenvalue weighted by Gasteiger charge is -2.09. The van der Waals surface area contributed by atoms with Crippen LogP contribution in [0.2, 0.25) is 0 Å². The van der Waals surface area contributed by atoms with Gasteiger partial charge in [-0.15, -0.1) is 0 Å². The Bertz CT molecular complexity index is 882. The van der Waals surface area contributed by atoms with Crippen LogP contribution in [0.4, 0.5) is 4.39 Å². The number of benzene rings is 2. The molecule has 0 heterocycles. The van der Waals surface area contributed by atoms with Gasteiger partial charge >= 0.3 is 0 Å². The van der Waals surface area contributed by atoms with Crippen LogP contribution in [0.3, 0.4) is 0 Å². The van der Waals surface area contributed by atoms with Crippen LogP contribution in [0.15, 0.2) is 54.1 Å². The van der Waals surface area contributed by atoms with E-state index in [9.17, 15) is 9.18 Å². The van der Waals surface area contributed by atoms with Gasteiger partial charge in [-0.05, 0) is 72.3 Å². The highest BCUT2D eigenvalue weighted by molar-refractivity contribution is 5.94. The Kier molecular flexibility index (Phi) is 6.32. The van der Waals surface area contributed by atoms with Crippen LogP contribution >= 0.6 is 0 Å². The molecule has 27 heavy (non-hydrogen) atoms. The van der Waals surface area contributed by atoms with Crippen LogP contribution in [0.25, 0.3) is 11.6 Å². The molecule has 0 saturated carbocycles. The van der Waals surface area contributed by atoms with Crippen LogP contribution in [0.5, 0.6) is 0 Å². The number of carbonyl (C=O) groups is 1. The average Bonchev–Trinajstić information content (AvgIpc) is 2.98. The standard InChI is InChI=1S/C23H24FNO2/c1-16-12-19-7-8-20(24)13-23(19)22(16)10-11-25-14-18-4-2-17(3-5-18)6-9-21(27)15-26/h2-9,13,25-26H,10-12,14-15H2,1H3/b9-6+. The van der Waals surface area contributed by atoms with Crippen LogP contribution in [-0.4, -0.2) is 24.0 Å². The number of rotatable bonds is 8. The molecule has 0 fully saturated rings. The quantitative estimate of drug-likeness (QED) is 0.551. The number of hydrogen-bond acceptors (Lipinski definition) is 3. The molecule has 3 rings (SSSR count). The zero-order chi connectivity index (χ0) is 19.2. The first-order chi connectivity index (χ1) is 13.1. The molecule has 0 spiro atoms. The zero-order valence-corrected chi connectivity index (χ0v) is 15.5. The van der Waals surface area contributed by atoms with E-state index in [1.807, 2.05) is 30.3 Å². The van der Waals surface area contributed by atoms with Crippen molar-refractivity contribution in [2.75, 3.05) is 13.2 Å². The van der Waals surface area contributed by atoms with Crippen molar-refractivity contribution >= 4 is 17.4 Å². The Balaban J connectivity index is 1.50. The predicted octanol–water partition coefficient (Wildman–Crippen LogP) is 3.91. The number of carbonyl (C=O) groups excluding carboxylic acids is 1. The number of fused-ring (bicyclic) bond motifs is 1. The van der Waals surface area contributed by atoms with Crippen LogP contribution in [0.1, 0.15) is 35.6 Å². The number of aliphatic hydroxyl groups excluding tert-OH is 1. The predicted molar refractivity (Wildman–Crippen MR) is 107 cm³/mol. The maximum atomic E-state index is 13.5. The summed E-state index contributed by atoms with van der Waals surface area (Å²) in [5.41, 5.74) is 6.93. The van der Waals surface area contributed by atoms with E-state index in [1.54, 1.807) is 12.1 Å². The molecule has 0 radical (unpaired) electrons. The van der Waals surface area contributed by atoms with E-state index in [0.717, 1.165) is 42.6 Å². The van der Waals surface area contributed by atoms with Gasteiger partial charge in [0, 0.05) is 6.54 Å². The SMILES string of the molecule is CC1=C(CCNCc2ccc(/C=C/C(=O)CO)cc2)c2cc(F)ccc2C1. The number of aliphatic hydroxyl groups is 1. The van der Waals surface area contributed by atoms with Gasteiger partial charge < -0.3 is 10.4 Å². The lowest BCUT2D eigenvalue weighted by molar-refractivity contribution is -0.117. The Morgan fingerprint density at radius 3 is 2.74 bits per heavy atom. The van der Waals surface area contributed by atoms with E-state index in [-0.39, 0.29) is 11.6 Å². The molecule has 2 aromatic rings. The summed E-state index contributed by atoms with van der Waals surface area (Å²) in [6.07, 6.45) is 4.87. The Hall–Kier alpha value is -2.56. The molecule has 1 aliphatic rings. The van der Waals surface area contributed by atoms with Gasteiger partial charge in [0.1, 0.15) is 12.4 Å². The van der Waals surface area contributed by atoms with Crippen LogP contribution in [0, 0.1) is 5.82 Å². The summed E-state index contributed by atoms with van der Waals surface area (Å²) in [4.78, 5) is 11.1. The second-order valence-corrected chi connectivity index (χ2v) is 6.86. The normalized spacial score (nSPS) is 13.4. The first kappa shape index (κ1) is 19.2. The molecule has 0 aliphatic heterocycles. The third-order valence-corrected chi connectivity index (χ3v) is 4.85. The molecule has 3 nitrogen and oxygen atoms in total. The minimum absolute atomic E-state index is 0.177. The molecule has 1 aliphatic carbocycles. The largest absolute Gasteiger partial charge is 0.388 e. The maximum Gasteiger partial charge on any atom is 0.181 e. The van der Waals surface area contributed by atoms with Gasteiger partial charge in [-0.25, -0.2) is 4.39 Å². The second kappa shape index (κ2) is 8.89. The van der Waals surface area contributed by atoms with Crippen molar-refractivity contribution in [2.24, 2.45) is 0 Å². The summed E-state index contributed by atoms with van der Waals surface area (Å²) in [7, 11) is 0. The van der Waals surface area contributed by atoms with E-state index < -0.39 is 6.61 Å². The minimum atomic E-state index is -0.467. The minimum Gasteiger partial charge on any atom is -0.388 e. The van der Waals surface area contributed by atoms with E-state index in [1.165, 1.54) is 28.9 Å². The first-order valence-electron chi connectivity index (χ1n) is 9.15. The van der Waals surface area contributed by atoms with Gasteiger partial charge in [-0.2, -0.15) is 0 Å². The van der Waals surface area contributed by atoms with Gasteiger partial charge in [0.05, 0.1) is 0 Å². The van der Waals surface area contributed by atoms with Crippen LogP contribution in [-0.2, 0) is 17.8 Å². The highest BCUT2D eigenvalue weighted by Crippen LogP contribution is 2.34. The third kappa shape index (κ3) is 5.00. The topological polar surface area (TPSA) is 49.3 Å². The molecule has 4 heteroatoms. The molecular formula is C23H24FNO2. The van der Waals surface area contributed by atoms with Crippen molar-refractivity contribution in [3.63, 3.8) is 0 Å². The molecule has 0 unspecified atom stereocenters. The molecule has 0 atom stereocenters. The number of halogens is 1. The van der Waals surface area contributed by atoms with E-state index >= 15 is 0 Å². The van der Waals surface area contributed by atoms with E-state index in [2.05, 4.69) is 12.2 Å². The number of nitrogens with one attached hydrogen (secondary N) is 1. The Morgan fingerprint density at radius 2 is 2.00 bits per heavy atom. The lowest BCUT2D eigenvalue weighted by atomic mass is 10.0. The van der Waals surface area contributed by atoms with Gasteiger partial charge in [0.25, 0.3) is 0 Å². The maximum absolute atomic E-state index is 13.5. The molecule has 0 saturated heterocycles. The van der Waals surface area contributed by atoms with Crippen molar-refractivity contribution in [1.82, 2.24) is 5.32 Å². The average molecular weight is 365 g/mol. The molecule has 0 aromatic heterocycles. The molecule has 2 N–H and O–H groups in total. The van der Waals surface area contributed by atoms with E-state index in [0.29, 0.717) is 0 Å². The van der Waals surface area contributed by atoms with Gasteiger partial charge in [0.2, 0.25) is 0 Å². The van der Waals surface area contributed by atoms with Crippen molar-refractivity contribution in [2.45, 2.75) is 26.3 Å². The summed E-state index contributed by atoms with van der Waals surface area (Å²) < 4.78 is 13.5. The highest BCUT2D eigenvalue weighted by Gasteiger charge is 2.18. The zero-order valence-electron chi connectivity index (χ0n) is 15.5. The summed E-state index contributed by atoms with van der Waals surface area (Å²) in [6, 6.07) is 13.0. The highest BCUT2D eigenvalue weighted by atomic mass is 19.1. The first-order valence-corrected chi connectivity index (χ1v) is 9.15. The van der Waals surface area contributed by atoms with Crippen molar-refractivity contribution in [3.05, 3.63) is 82.2 Å². The molecule has 0 amide bonds. The molecular weight excluding hydrogens is 341 g/mol. The van der Waals surface area contributed by atoms with Gasteiger partial charge in [-0.3, -0.25) is 4.79 Å². The van der Waals surface area contributed by atoms with Gasteiger partial charge in [0.15, 0.2) is 5.78 Å². The Morgan fingerprint density at radius 1 is 1.22 bits per heavy atom.